The Morgan fingerprint density at radius 2 is 1.97 bits per heavy atom. The van der Waals surface area contributed by atoms with Crippen molar-refractivity contribution in [2.75, 3.05) is 16.8 Å². The smallest absolute Gasteiger partial charge is 0.294 e. The van der Waals surface area contributed by atoms with Crippen LogP contribution in [0.5, 0.6) is 0 Å². The van der Waals surface area contributed by atoms with Crippen molar-refractivity contribution in [3.05, 3.63) is 40.0 Å². The van der Waals surface area contributed by atoms with Crippen molar-refractivity contribution in [1.29, 1.82) is 0 Å². The Balaban J connectivity index is 1.51. The summed E-state index contributed by atoms with van der Waals surface area (Å²) in [6.45, 7) is 2.72. The molecule has 1 aliphatic heterocycles. The summed E-state index contributed by atoms with van der Waals surface area (Å²) >= 11 is 0. The first-order valence-corrected chi connectivity index (χ1v) is 11.0. The van der Waals surface area contributed by atoms with Gasteiger partial charge in [0.2, 0.25) is 11.8 Å². The van der Waals surface area contributed by atoms with Crippen LogP contribution in [-0.2, 0) is 9.59 Å². The SMILES string of the molecule is CC1CCC2C(=O)N(c3ccc(NCCC4=CCCCC4)c([N+](=O)[O-])c3)C(=O)C2C1. The predicted octanol–water partition coefficient (Wildman–Crippen LogP) is 4.82. The summed E-state index contributed by atoms with van der Waals surface area (Å²) in [6.07, 6.45) is 10.2. The summed E-state index contributed by atoms with van der Waals surface area (Å²) in [7, 11) is 0. The highest BCUT2D eigenvalue weighted by molar-refractivity contribution is 6.22. The van der Waals surface area contributed by atoms with Gasteiger partial charge in [-0.05, 0) is 69.4 Å². The van der Waals surface area contributed by atoms with Crippen LogP contribution in [0.1, 0.15) is 58.3 Å². The number of carbonyl (C=O) groups excluding carboxylic acids is 2. The van der Waals surface area contributed by atoms with Gasteiger partial charge in [0.1, 0.15) is 5.69 Å². The molecule has 1 saturated heterocycles. The second kappa shape index (κ2) is 8.58. The van der Waals surface area contributed by atoms with Crippen LogP contribution >= 0.6 is 0 Å². The third kappa shape index (κ3) is 3.98. The first kappa shape index (κ1) is 20.6. The maximum atomic E-state index is 12.9. The molecule has 0 aromatic heterocycles. The molecular formula is C23H29N3O4. The zero-order valence-corrected chi connectivity index (χ0v) is 17.4. The van der Waals surface area contributed by atoms with E-state index in [1.54, 1.807) is 12.1 Å². The number of rotatable bonds is 6. The van der Waals surface area contributed by atoms with Crippen molar-refractivity contribution in [2.45, 2.75) is 58.3 Å². The monoisotopic (exact) mass is 411 g/mol. The predicted molar refractivity (Wildman–Crippen MR) is 115 cm³/mol. The molecule has 0 spiro atoms. The lowest BCUT2D eigenvalue weighted by Crippen LogP contribution is -2.31. The van der Waals surface area contributed by atoms with Gasteiger partial charge in [-0.1, -0.05) is 18.6 Å². The van der Waals surface area contributed by atoms with Crippen molar-refractivity contribution in [3.63, 3.8) is 0 Å². The minimum absolute atomic E-state index is 0.103. The van der Waals surface area contributed by atoms with E-state index in [9.17, 15) is 19.7 Å². The molecule has 3 unspecified atom stereocenters. The molecule has 4 rings (SSSR count). The fraction of sp³-hybridized carbons (Fsp3) is 0.565. The highest BCUT2D eigenvalue weighted by Crippen LogP contribution is 2.43. The molecule has 1 aromatic rings. The Hall–Kier alpha value is -2.70. The minimum atomic E-state index is -0.453. The van der Waals surface area contributed by atoms with Crippen LogP contribution in [0.3, 0.4) is 0 Å². The topological polar surface area (TPSA) is 92.6 Å². The maximum absolute atomic E-state index is 12.9. The number of benzene rings is 1. The number of hydrogen-bond donors (Lipinski definition) is 1. The molecule has 3 atom stereocenters. The van der Waals surface area contributed by atoms with E-state index in [1.165, 1.54) is 29.4 Å². The molecule has 2 fully saturated rings. The van der Waals surface area contributed by atoms with Gasteiger partial charge < -0.3 is 5.32 Å². The third-order valence-corrected chi connectivity index (χ3v) is 6.77. The lowest BCUT2D eigenvalue weighted by atomic mass is 9.76. The van der Waals surface area contributed by atoms with E-state index in [4.69, 9.17) is 0 Å². The van der Waals surface area contributed by atoms with Gasteiger partial charge in [-0.2, -0.15) is 0 Å². The molecular weight excluding hydrogens is 382 g/mol. The van der Waals surface area contributed by atoms with Crippen LogP contribution in [0.4, 0.5) is 17.1 Å². The number of imide groups is 1. The first-order valence-electron chi connectivity index (χ1n) is 11.0. The fourth-order valence-corrected chi connectivity index (χ4v) is 5.09. The molecule has 7 heteroatoms. The second-order valence-electron chi connectivity index (χ2n) is 8.89. The molecule has 160 valence electrons. The lowest BCUT2D eigenvalue weighted by Gasteiger charge is -2.25. The molecule has 2 amide bonds. The largest absolute Gasteiger partial charge is 0.379 e. The summed E-state index contributed by atoms with van der Waals surface area (Å²) in [4.78, 5) is 38.2. The molecule has 1 heterocycles. The Labute approximate surface area is 176 Å². The molecule has 1 saturated carbocycles. The lowest BCUT2D eigenvalue weighted by molar-refractivity contribution is -0.383. The number of hydrogen-bond acceptors (Lipinski definition) is 5. The number of nitrogens with one attached hydrogen (secondary N) is 1. The van der Waals surface area contributed by atoms with Crippen molar-refractivity contribution in [2.24, 2.45) is 17.8 Å². The van der Waals surface area contributed by atoms with Gasteiger partial charge in [0, 0.05) is 12.6 Å². The quantitative estimate of drug-likeness (QED) is 0.313. The molecule has 0 radical (unpaired) electrons. The zero-order chi connectivity index (χ0) is 21.3. The van der Waals surface area contributed by atoms with Crippen LogP contribution < -0.4 is 10.2 Å². The number of nitrogens with zero attached hydrogens (tertiary/aromatic N) is 2. The number of nitro groups is 1. The van der Waals surface area contributed by atoms with E-state index in [1.807, 2.05) is 0 Å². The van der Waals surface area contributed by atoms with Gasteiger partial charge in [0.05, 0.1) is 22.4 Å². The van der Waals surface area contributed by atoms with Crippen molar-refractivity contribution in [3.8, 4) is 0 Å². The van der Waals surface area contributed by atoms with Gasteiger partial charge >= 0.3 is 0 Å². The Morgan fingerprint density at radius 3 is 2.70 bits per heavy atom. The fourth-order valence-electron chi connectivity index (χ4n) is 5.09. The Bertz CT molecular complexity index is 894. The number of anilines is 2. The van der Waals surface area contributed by atoms with Gasteiger partial charge in [0.25, 0.3) is 5.69 Å². The normalized spacial score (nSPS) is 26.4. The summed E-state index contributed by atoms with van der Waals surface area (Å²) < 4.78 is 0. The average molecular weight is 412 g/mol. The van der Waals surface area contributed by atoms with Crippen LogP contribution in [-0.4, -0.2) is 23.3 Å². The van der Waals surface area contributed by atoms with Crippen molar-refractivity contribution >= 4 is 28.9 Å². The van der Waals surface area contributed by atoms with Crippen molar-refractivity contribution < 1.29 is 14.5 Å². The standard InChI is InChI=1S/C23H29N3O4/c1-15-7-9-18-19(13-15)23(28)25(22(18)27)17-8-10-20(21(14-17)26(29)30)24-12-11-16-5-3-2-4-6-16/h5,8,10,14-15,18-19,24H,2-4,6-7,9,11-13H2,1H3. The Morgan fingerprint density at radius 1 is 1.17 bits per heavy atom. The molecule has 7 nitrogen and oxygen atoms in total. The van der Waals surface area contributed by atoms with Gasteiger partial charge in [-0.15, -0.1) is 0 Å². The molecule has 1 N–H and O–H groups in total. The number of amides is 2. The third-order valence-electron chi connectivity index (χ3n) is 6.77. The molecule has 1 aromatic carbocycles. The summed E-state index contributed by atoms with van der Waals surface area (Å²) in [6, 6.07) is 4.62. The average Bonchev–Trinajstić information content (AvgIpc) is 2.98. The van der Waals surface area contributed by atoms with E-state index in [-0.39, 0.29) is 29.3 Å². The minimum Gasteiger partial charge on any atom is -0.379 e. The van der Waals surface area contributed by atoms with Crippen LogP contribution in [0, 0.1) is 27.9 Å². The van der Waals surface area contributed by atoms with Gasteiger partial charge in [0.15, 0.2) is 0 Å². The van der Waals surface area contributed by atoms with Crippen LogP contribution in [0.25, 0.3) is 0 Å². The maximum Gasteiger partial charge on any atom is 0.294 e. The number of nitro benzene ring substituents is 1. The van der Waals surface area contributed by atoms with E-state index in [0.717, 1.165) is 25.7 Å². The molecule has 30 heavy (non-hydrogen) atoms. The summed E-state index contributed by atoms with van der Waals surface area (Å²) in [5.74, 6) is -0.578. The number of fused-ring (bicyclic) bond motifs is 1. The molecule has 0 bridgehead atoms. The second-order valence-corrected chi connectivity index (χ2v) is 8.89. The highest BCUT2D eigenvalue weighted by atomic mass is 16.6. The van der Waals surface area contributed by atoms with E-state index >= 15 is 0 Å². The zero-order valence-electron chi connectivity index (χ0n) is 17.4. The van der Waals surface area contributed by atoms with Crippen LogP contribution in [0.2, 0.25) is 0 Å². The molecule has 3 aliphatic rings. The van der Waals surface area contributed by atoms with Gasteiger partial charge in [-0.3, -0.25) is 19.7 Å². The summed E-state index contributed by atoms with van der Waals surface area (Å²) in [5.41, 5.74) is 2.02. The van der Waals surface area contributed by atoms with E-state index < -0.39 is 4.92 Å². The summed E-state index contributed by atoms with van der Waals surface area (Å²) in [5, 5.41) is 14.8. The highest BCUT2D eigenvalue weighted by Gasteiger charge is 2.50. The number of allylic oxidation sites excluding steroid dienone is 1. The van der Waals surface area contributed by atoms with Gasteiger partial charge in [-0.25, -0.2) is 4.90 Å². The van der Waals surface area contributed by atoms with Crippen molar-refractivity contribution in [1.82, 2.24) is 0 Å². The first-order chi connectivity index (χ1) is 14.5. The van der Waals surface area contributed by atoms with Crippen LogP contribution in [0.15, 0.2) is 29.8 Å². The van der Waals surface area contributed by atoms with E-state index in [2.05, 4.69) is 18.3 Å². The number of carbonyl (C=O) groups is 2. The molecule has 2 aliphatic carbocycles. The van der Waals surface area contributed by atoms with E-state index in [0.29, 0.717) is 36.7 Å². The Kier molecular flexibility index (Phi) is 5.88.